The average Bonchev–Trinajstić information content (AvgIpc) is 2.95. The zero-order valence-corrected chi connectivity index (χ0v) is 10.5. The summed E-state index contributed by atoms with van der Waals surface area (Å²) in [6.45, 7) is 1.01. The van der Waals surface area contributed by atoms with E-state index in [0.717, 1.165) is 11.0 Å². The molecule has 2 heterocycles. The standard InChI is InChI=1S/C10H14N4O6/c1-4(15)19-2-5-6(16)7(17)10(20-5)14-3-12-9(13-14)8(11)18/h3,5-7,10,16-17H,2H2,1H3,(H2,11,18)/t5-,6-,7+,10-/m0/s1. The minimum Gasteiger partial charge on any atom is -0.463 e. The number of amides is 1. The van der Waals surface area contributed by atoms with Gasteiger partial charge >= 0.3 is 5.97 Å². The molecule has 0 spiro atoms. The molecule has 0 bridgehead atoms. The second-order valence-corrected chi connectivity index (χ2v) is 4.26. The summed E-state index contributed by atoms with van der Waals surface area (Å²) in [5.74, 6) is -1.59. The number of nitrogens with zero attached hydrogens (tertiary/aromatic N) is 3. The summed E-state index contributed by atoms with van der Waals surface area (Å²) < 4.78 is 11.1. The summed E-state index contributed by atoms with van der Waals surface area (Å²) in [7, 11) is 0. The van der Waals surface area contributed by atoms with Gasteiger partial charge in [-0.05, 0) is 0 Å². The van der Waals surface area contributed by atoms with Gasteiger partial charge in [0.1, 0.15) is 31.2 Å². The Labute approximate surface area is 113 Å². The Hall–Kier alpha value is -2.04. The Morgan fingerprint density at radius 1 is 1.50 bits per heavy atom. The van der Waals surface area contributed by atoms with Crippen LogP contribution in [0.5, 0.6) is 0 Å². The first-order valence-corrected chi connectivity index (χ1v) is 5.76. The van der Waals surface area contributed by atoms with Crippen LogP contribution >= 0.6 is 0 Å². The van der Waals surface area contributed by atoms with E-state index in [-0.39, 0.29) is 12.4 Å². The van der Waals surface area contributed by atoms with Gasteiger partial charge in [-0.2, -0.15) is 0 Å². The first kappa shape index (κ1) is 14.4. The number of primary amides is 1. The highest BCUT2D eigenvalue weighted by Gasteiger charge is 2.44. The van der Waals surface area contributed by atoms with E-state index in [1.165, 1.54) is 6.92 Å². The summed E-state index contributed by atoms with van der Waals surface area (Å²) in [6.07, 6.45) is -3.38. The van der Waals surface area contributed by atoms with Crippen LogP contribution in [-0.4, -0.2) is 61.8 Å². The van der Waals surface area contributed by atoms with Crippen molar-refractivity contribution in [2.24, 2.45) is 5.73 Å². The topological polar surface area (TPSA) is 150 Å². The number of rotatable bonds is 4. The number of aliphatic hydroxyl groups excluding tert-OH is 2. The minimum absolute atomic E-state index is 0.207. The van der Waals surface area contributed by atoms with Crippen LogP contribution < -0.4 is 5.73 Å². The molecule has 1 fully saturated rings. The highest BCUT2D eigenvalue weighted by atomic mass is 16.6. The molecule has 20 heavy (non-hydrogen) atoms. The molecule has 0 aromatic carbocycles. The van der Waals surface area contributed by atoms with Crippen LogP contribution in [0.3, 0.4) is 0 Å². The number of hydrogen-bond donors (Lipinski definition) is 3. The van der Waals surface area contributed by atoms with Crippen molar-refractivity contribution < 1.29 is 29.3 Å². The maximum atomic E-state index is 10.9. The molecule has 1 aliphatic rings. The van der Waals surface area contributed by atoms with E-state index in [1.54, 1.807) is 0 Å². The molecule has 0 aliphatic carbocycles. The Balaban J connectivity index is 2.08. The monoisotopic (exact) mass is 286 g/mol. The summed E-state index contributed by atoms with van der Waals surface area (Å²) in [4.78, 5) is 25.2. The number of hydrogen-bond acceptors (Lipinski definition) is 8. The number of nitrogens with two attached hydrogens (primary N) is 1. The number of carbonyl (C=O) groups excluding carboxylic acids is 2. The third-order valence-corrected chi connectivity index (χ3v) is 2.78. The van der Waals surface area contributed by atoms with Gasteiger partial charge in [-0.1, -0.05) is 0 Å². The lowest BCUT2D eigenvalue weighted by molar-refractivity contribution is -0.147. The fourth-order valence-corrected chi connectivity index (χ4v) is 1.80. The van der Waals surface area contributed by atoms with Gasteiger partial charge in [-0.3, -0.25) is 9.59 Å². The molecule has 1 aromatic heterocycles. The van der Waals surface area contributed by atoms with E-state index >= 15 is 0 Å². The molecule has 0 unspecified atom stereocenters. The number of ether oxygens (including phenoxy) is 2. The van der Waals surface area contributed by atoms with Gasteiger partial charge in [0.05, 0.1) is 0 Å². The maximum absolute atomic E-state index is 10.9. The smallest absolute Gasteiger partial charge is 0.302 e. The number of aliphatic hydroxyl groups is 2. The minimum atomic E-state index is -1.31. The van der Waals surface area contributed by atoms with Crippen molar-refractivity contribution in [3.8, 4) is 0 Å². The van der Waals surface area contributed by atoms with E-state index in [4.69, 9.17) is 15.2 Å². The van der Waals surface area contributed by atoms with Crippen LogP contribution in [0.15, 0.2) is 6.33 Å². The fraction of sp³-hybridized carbons (Fsp3) is 0.600. The van der Waals surface area contributed by atoms with Crippen molar-refractivity contribution in [1.82, 2.24) is 14.8 Å². The van der Waals surface area contributed by atoms with Crippen molar-refractivity contribution in [3.63, 3.8) is 0 Å². The van der Waals surface area contributed by atoms with Crippen molar-refractivity contribution >= 4 is 11.9 Å². The largest absolute Gasteiger partial charge is 0.463 e. The molecule has 110 valence electrons. The highest BCUT2D eigenvalue weighted by molar-refractivity contribution is 5.88. The van der Waals surface area contributed by atoms with Crippen molar-refractivity contribution in [2.75, 3.05) is 6.61 Å². The lowest BCUT2D eigenvalue weighted by Gasteiger charge is -2.13. The van der Waals surface area contributed by atoms with Crippen LogP contribution in [0.1, 0.15) is 23.8 Å². The zero-order valence-electron chi connectivity index (χ0n) is 10.5. The van der Waals surface area contributed by atoms with E-state index in [1.807, 2.05) is 0 Å². The van der Waals surface area contributed by atoms with Crippen LogP contribution in [0, 0.1) is 0 Å². The van der Waals surface area contributed by atoms with E-state index in [0.29, 0.717) is 0 Å². The molecule has 0 radical (unpaired) electrons. The van der Waals surface area contributed by atoms with Gasteiger partial charge in [0, 0.05) is 6.92 Å². The molecule has 10 heteroatoms. The Bertz CT molecular complexity index is 518. The summed E-state index contributed by atoms with van der Waals surface area (Å²) in [6, 6.07) is 0. The number of esters is 1. The highest BCUT2D eigenvalue weighted by Crippen LogP contribution is 2.28. The predicted molar refractivity (Wildman–Crippen MR) is 61.1 cm³/mol. The van der Waals surface area contributed by atoms with E-state index in [9.17, 15) is 19.8 Å². The van der Waals surface area contributed by atoms with Gasteiger partial charge in [-0.15, -0.1) is 5.10 Å². The summed E-state index contributed by atoms with van der Waals surface area (Å²) >= 11 is 0. The van der Waals surface area contributed by atoms with Gasteiger partial charge in [0.25, 0.3) is 5.91 Å². The molecule has 4 N–H and O–H groups in total. The molecule has 1 saturated heterocycles. The van der Waals surface area contributed by atoms with Crippen LogP contribution in [0.4, 0.5) is 0 Å². The fourth-order valence-electron chi connectivity index (χ4n) is 1.80. The molecule has 0 saturated carbocycles. The van der Waals surface area contributed by atoms with Crippen molar-refractivity contribution in [2.45, 2.75) is 31.5 Å². The second-order valence-electron chi connectivity index (χ2n) is 4.26. The van der Waals surface area contributed by atoms with Crippen molar-refractivity contribution in [1.29, 1.82) is 0 Å². The first-order chi connectivity index (χ1) is 9.40. The third-order valence-electron chi connectivity index (χ3n) is 2.78. The van der Waals surface area contributed by atoms with Crippen LogP contribution in [-0.2, 0) is 14.3 Å². The second kappa shape index (κ2) is 5.53. The van der Waals surface area contributed by atoms with Gasteiger partial charge < -0.3 is 25.4 Å². The molecule has 1 aliphatic heterocycles. The maximum Gasteiger partial charge on any atom is 0.302 e. The van der Waals surface area contributed by atoms with Gasteiger partial charge in [-0.25, -0.2) is 9.67 Å². The van der Waals surface area contributed by atoms with Gasteiger partial charge in [0.15, 0.2) is 6.23 Å². The molecule has 10 nitrogen and oxygen atoms in total. The summed E-state index contributed by atoms with van der Waals surface area (Å²) in [5.41, 5.74) is 5.01. The van der Waals surface area contributed by atoms with Gasteiger partial charge in [0.2, 0.25) is 5.82 Å². The average molecular weight is 286 g/mol. The number of carbonyl (C=O) groups is 2. The Morgan fingerprint density at radius 2 is 2.20 bits per heavy atom. The van der Waals surface area contributed by atoms with E-state index in [2.05, 4.69) is 10.1 Å². The molecular weight excluding hydrogens is 272 g/mol. The predicted octanol–water partition coefficient (Wildman–Crippen LogP) is -2.44. The Kier molecular flexibility index (Phi) is 3.97. The molecule has 1 aromatic rings. The van der Waals surface area contributed by atoms with Crippen LogP contribution in [0.2, 0.25) is 0 Å². The zero-order chi connectivity index (χ0) is 14.9. The van der Waals surface area contributed by atoms with Crippen LogP contribution in [0.25, 0.3) is 0 Å². The van der Waals surface area contributed by atoms with Crippen molar-refractivity contribution in [3.05, 3.63) is 12.2 Å². The molecule has 2 rings (SSSR count). The lowest BCUT2D eigenvalue weighted by atomic mass is 10.1. The lowest BCUT2D eigenvalue weighted by Crippen LogP contribution is -2.34. The van der Waals surface area contributed by atoms with E-state index < -0.39 is 36.4 Å². The Morgan fingerprint density at radius 3 is 2.75 bits per heavy atom. The third kappa shape index (κ3) is 2.76. The molecule has 4 atom stereocenters. The summed E-state index contributed by atoms with van der Waals surface area (Å²) in [5, 5.41) is 23.4. The molecule has 1 amide bonds. The molecular formula is C10H14N4O6. The SMILES string of the molecule is CC(=O)OC[C@@H]1O[C@H](n2cnc(C(N)=O)n2)[C@H](O)[C@H]1O. The quantitative estimate of drug-likeness (QED) is 0.516. The normalized spacial score (nSPS) is 29.4. The number of aromatic nitrogens is 3. The first-order valence-electron chi connectivity index (χ1n) is 5.76.